The largest absolute Gasteiger partial charge is 0.507 e. The Kier molecular flexibility index (Phi) is 45.6. The Morgan fingerprint density at radius 2 is 0.497 bits per heavy atom. The third-order valence-electron chi connectivity index (χ3n) is 29.5. The van der Waals surface area contributed by atoms with E-state index in [-0.39, 0.29) is 35.3 Å². The minimum Gasteiger partial charge on any atom is -0.507 e. The molecule has 0 amide bonds. The predicted molar refractivity (Wildman–Crippen MR) is 619 cm³/mol. The monoisotopic (exact) mass is 2010 g/mol. The van der Waals surface area contributed by atoms with E-state index in [2.05, 4.69) is 190 Å². The van der Waals surface area contributed by atoms with Gasteiger partial charge in [-0.05, 0) is 186 Å². The summed E-state index contributed by atoms with van der Waals surface area (Å²) in [5, 5.41) is 49.7. The van der Waals surface area contributed by atoms with Crippen LogP contribution in [0.15, 0.2) is 218 Å². The lowest BCUT2D eigenvalue weighted by atomic mass is 9.92. The lowest BCUT2D eigenvalue weighted by Crippen LogP contribution is -2.13. The molecule has 0 bridgehead atoms. The maximum absolute atomic E-state index is 11.3. The van der Waals surface area contributed by atoms with E-state index in [9.17, 15) is 15.3 Å². The standard InChI is InChI=1S/C45H55N3O3.2C43H55N3O3/c1-4-7-9-10-11-12-13-14-15-16-29-50-36-25-28-39(40(49)30-36)44-46-43(47-45(48-44)51-31-32(6-3)18-8-5-2)38-27-24-35-22-21-33-19-17-20-34-23-26-37(38)42(35)41(33)34;1-4-7-9-10-11-12-13-14-15-20-28-48-35-26-27-38(39(47)30-35)41-44-42(46-43(45-41)49-31-32(6-3)21-8-5-2)40-36-24-18-16-22-33(36)29-34-23-17-19-25-37(34)40;1-4-7-9-10-11-12-13-14-15-20-28-48-34-26-27-38(40(47)30-34)41-44-42(46-43(45-41)49-31-32(6-3)21-8-5-2)39-29-33-22-16-17-23-35(33)36-24-18-19-25-37(36)39/h17,19-28,30,32,49H,4-16,18,29,31H2,1-3H3;2*16-19,22-27,29-30,32,47H,4-15,20-21,28,31H2,1-3H3. The third-order valence-corrected chi connectivity index (χ3v) is 29.5. The molecule has 0 aliphatic carbocycles. The van der Waals surface area contributed by atoms with Crippen LogP contribution in [0.5, 0.6) is 52.5 Å². The van der Waals surface area contributed by atoms with E-state index < -0.39 is 0 Å². The van der Waals surface area contributed by atoms with Crippen LogP contribution in [0.25, 0.3) is 144 Å². The Labute approximate surface area is 887 Å². The van der Waals surface area contributed by atoms with Gasteiger partial charge in [0.1, 0.15) is 34.5 Å². The summed E-state index contributed by atoms with van der Waals surface area (Å²) >= 11 is 0. The molecule has 18 heteroatoms. The Hall–Kier alpha value is -12.8. The van der Waals surface area contributed by atoms with E-state index in [0.717, 1.165) is 156 Å². The molecule has 3 N–H and O–H groups in total. The van der Waals surface area contributed by atoms with Crippen LogP contribution in [0, 0.1) is 17.8 Å². The second-order valence-corrected chi connectivity index (χ2v) is 41.0. The first-order valence-corrected chi connectivity index (χ1v) is 57.3. The maximum Gasteiger partial charge on any atom is 0.320 e. The number of phenolic OH excluding ortho intramolecular Hbond substituents is 3. The first-order valence-electron chi connectivity index (χ1n) is 57.3. The van der Waals surface area contributed by atoms with Crippen molar-refractivity contribution in [3.8, 4) is 121 Å². The van der Waals surface area contributed by atoms with Crippen LogP contribution in [0.2, 0.25) is 0 Å². The maximum atomic E-state index is 11.3. The fourth-order valence-corrected chi connectivity index (χ4v) is 20.4. The Balaban J connectivity index is 0.000000176. The van der Waals surface area contributed by atoms with Crippen LogP contribution >= 0.6 is 0 Å². The molecule has 13 aromatic carbocycles. The molecule has 0 fully saturated rings. The molecule has 18 nitrogen and oxygen atoms in total. The van der Waals surface area contributed by atoms with Crippen molar-refractivity contribution in [2.75, 3.05) is 39.6 Å². The Morgan fingerprint density at radius 1 is 0.208 bits per heavy atom. The van der Waals surface area contributed by atoms with Crippen LogP contribution in [-0.2, 0) is 0 Å². The van der Waals surface area contributed by atoms with E-state index in [1.165, 1.54) is 206 Å². The van der Waals surface area contributed by atoms with Crippen molar-refractivity contribution >= 4 is 75.4 Å². The number of hydrogen-bond acceptors (Lipinski definition) is 18. The molecule has 16 aromatic rings. The number of aromatic hydroxyl groups is 3. The molecule has 788 valence electrons. The summed E-state index contributed by atoms with van der Waals surface area (Å²) in [5.74, 6) is 6.09. The number of ether oxygens (including phenoxy) is 6. The highest BCUT2D eigenvalue weighted by atomic mass is 16.5. The summed E-state index contributed by atoms with van der Waals surface area (Å²) in [4.78, 5) is 43.8. The predicted octanol–water partition coefficient (Wildman–Crippen LogP) is 36.9. The quantitative estimate of drug-likeness (QED) is 0.0183. The number of benzene rings is 13. The van der Waals surface area contributed by atoms with Crippen molar-refractivity contribution in [2.24, 2.45) is 17.8 Å². The summed E-state index contributed by atoms with van der Waals surface area (Å²) in [6.45, 7) is 23.6. The van der Waals surface area contributed by atoms with Crippen molar-refractivity contribution in [2.45, 2.75) is 332 Å². The fraction of sp³-hybridized carbons (Fsp3) is 0.458. The van der Waals surface area contributed by atoms with Crippen molar-refractivity contribution in [3.05, 3.63) is 218 Å². The Morgan fingerprint density at radius 3 is 0.872 bits per heavy atom. The van der Waals surface area contributed by atoms with Gasteiger partial charge >= 0.3 is 18.0 Å². The number of nitrogens with zero attached hydrogens (tertiary/aromatic N) is 9. The molecular formula is C131H165N9O9. The summed E-state index contributed by atoms with van der Waals surface area (Å²) in [6, 6.07) is 74.1. The zero-order valence-corrected chi connectivity index (χ0v) is 90.8. The molecule has 3 unspecified atom stereocenters. The Bertz CT molecular complexity index is 6680. The molecule has 0 saturated carbocycles. The van der Waals surface area contributed by atoms with Crippen molar-refractivity contribution in [3.63, 3.8) is 0 Å². The molecule has 0 aliphatic rings. The molecule has 0 spiro atoms. The lowest BCUT2D eigenvalue weighted by molar-refractivity contribution is 0.217. The van der Waals surface area contributed by atoms with Crippen LogP contribution in [0.1, 0.15) is 332 Å². The molecule has 16 rings (SSSR count). The van der Waals surface area contributed by atoms with Crippen LogP contribution in [-0.4, -0.2) is 99.8 Å². The summed E-state index contributed by atoms with van der Waals surface area (Å²) in [6.07, 6.45) is 51.8. The molecule has 3 heterocycles. The van der Waals surface area contributed by atoms with E-state index >= 15 is 0 Å². The topological polar surface area (TPSA) is 232 Å². The lowest BCUT2D eigenvalue weighted by Gasteiger charge is -2.16. The summed E-state index contributed by atoms with van der Waals surface area (Å²) in [5.41, 5.74) is 4.28. The number of unbranched alkanes of at least 4 members (excludes halogenated alkanes) is 30. The second kappa shape index (κ2) is 60.7. The average Bonchev–Trinajstić information content (AvgIpc) is 0.734. The van der Waals surface area contributed by atoms with E-state index in [4.69, 9.17) is 73.3 Å². The highest BCUT2D eigenvalue weighted by molar-refractivity contribution is 6.25. The highest BCUT2D eigenvalue weighted by Crippen LogP contribution is 2.44. The van der Waals surface area contributed by atoms with E-state index in [0.29, 0.717) is 126 Å². The van der Waals surface area contributed by atoms with Gasteiger partial charge in [-0.3, -0.25) is 0 Å². The SMILES string of the molecule is CCCCCCCCCCCCOc1ccc(-c2nc(OCC(CC)CCCC)nc(-c3c4ccccc4cc4ccccc34)n2)c(O)c1.CCCCCCCCCCCCOc1ccc(-c2nc(OCC(CC)CCCC)nc(-c3cc4ccccc4c4ccccc34)n2)c(O)c1.CCCCCCCCCCCCOc1ccc(-c2nc(OCC(CC)CCCC)nc(-c3ccc4ccc5cccc6ccc3c4c56)n2)c(O)c1. The zero-order chi connectivity index (χ0) is 104. The summed E-state index contributed by atoms with van der Waals surface area (Å²) < 4.78 is 37.0. The third kappa shape index (κ3) is 32.6. The minimum absolute atomic E-state index is 0.0702. The number of fused-ring (bicyclic) bond motifs is 5. The van der Waals surface area contributed by atoms with Gasteiger partial charge in [0.05, 0.1) is 56.3 Å². The van der Waals surface area contributed by atoms with Gasteiger partial charge in [-0.25, -0.2) is 15.0 Å². The van der Waals surface area contributed by atoms with Crippen LogP contribution in [0.3, 0.4) is 0 Å². The average molecular weight is 2010 g/mol. The second-order valence-electron chi connectivity index (χ2n) is 41.0. The van der Waals surface area contributed by atoms with Crippen molar-refractivity contribution in [1.29, 1.82) is 0 Å². The van der Waals surface area contributed by atoms with Crippen LogP contribution < -0.4 is 28.4 Å². The normalized spacial score (nSPS) is 12.1. The van der Waals surface area contributed by atoms with Gasteiger partial charge < -0.3 is 43.7 Å². The van der Waals surface area contributed by atoms with Gasteiger partial charge in [-0.15, -0.1) is 0 Å². The number of aromatic nitrogens is 9. The molecule has 0 radical (unpaired) electrons. The van der Waals surface area contributed by atoms with Gasteiger partial charge in [0, 0.05) is 34.9 Å². The van der Waals surface area contributed by atoms with E-state index in [1.54, 1.807) is 18.2 Å². The van der Waals surface area contributed by atoms with Gasteiger partial charge in [-0.2, -0.15) is 29.9 Å². The fourth-order valence-electron chi connectivity index (χ4n) is 20.4. The minimum atomic E-state index is 0.0702. The van der Waals surface area contributed by atoms with Gasteiger partial charge in [0.2, 0.25) is 0 Å². The molecule has 0 saturated heterocycles. The first kappa shape index (κ1) is 112. The van der Waals surface area contributed by atoms with Gasteiger partial charge in [0.25, 0.3) is 0 Å². The van der Waals surface area contributed by atoms with Crippen molar-refractivity contribution in [1.82, 2.24) is 44.9 Å². The number of phenols is 3. The molecule has 149 heavy (non-hydrogen) atoms. The smallest absolute Gasteiger partial charge is 0.320 e. The van der Waals surface area contributed by atoms with Gasteiger partial charge in [-0.1, -0.05) is 439 Å². The van der Waals surface area contributed by atoms with Crippen molar-refractivity contribution < 1.29 is 43.7 Å². The highest BCUT2D eigenvalue weighted by Gasteiger charge is 2.26. The first-order chi connectivity index (χ1) is 73.3. The molecule has 0 aliphatic heterocycles. The zero-order valence-electron chi connectivity index (χ0n) is 90.8. The van der Waals surface area contributed by atoms with Gasteiger partial charge in [0.15, 0.2) is 34.9 Å². The number of hydrogen-bond donors (Lipinski definition) is 3. The molecule has 3 atom stereocenters. The van der Waals surface area contributed by atoms with Crippen LogP contribution in [0.4, 0.5) is 0 Å². The number of rotatable bonds is 63. The summed E-state index contributed by atoms with van der Waals surface area (Å²) in [7, 11) is 0. The molecular weight excluding hydrogens is 1840 g/mol. The molecule has 3 aromatic heterocycles. The van der Waals surface area contributed by atoms with E-state index in [1.807, 2.05) is 72.8 Å².